The minimum absolute atomic E-state index is 0.128. The van der Waals surface area contributed by atoms with E-state index in [1.54, 1.807) is 18.5 Å². The van der Waals surface area contributed by atoms with Gasteiger partial charge in [0.05, 0.1) is 6.33 Å². The van der Waals surface area contributed by atoms with E-state index in [1.165, 1.54) is 44.9 Å². The maximum Gasteiger partial charge on any atom is 0.256 e. The van der Waals surface area contributed by atoms with Crippen molar-refractivity contribution in [2.45, 2.75) is 82.7 Å². The van der Waals surface area contributed by atoms with Crippen LogP contribution in [0.1, 0.15) is 69.0 Å². The molecule has 7 rings (SSSR count). The quantitative estimate of drug-likeness (QED) is 0.523. The van der Waals surface area contributed by atoms with Crippen LogP contribution in [0, 0.1) is 5.41 Å². The van der Waals surface area contributed by atoms with Gasteiger partial charge >= 0.3 is 0 Å². The molecule has 4 fully saturated rings. The third-order valence-corrected chi connectivity index (χ3v) is 8.90. The van der Waals surface area contributed by atoms with Crippen LogP contribution >= 0.6 is 0 Å². The zero-order valence-electron chi connectivity index (χ0n) is 22.6. The van der Waals surface area contributed by atoms with E-state index in [9.17, 15) is 4.79 Å². The highest BCUT2D eigenvalue weighted by Crippen LogP contribution is 2.47. The number of carbonyl (C=O) groups excluding carboxylic acids is 1. The number of aromatic nitrogens is 4. The molecule has 2 aromatic heterocycles. The third-order valence-electron chi connectivity index (χ3n) is 8.90. The number of fused-ring (bicyclic) bond motifs is 2. The first-order valence-corrected chi connectivity index (χ1v) is 14.2. The molecule has 1 spiro atoms. The molecule has 10 nitrogen and oxygen atoms in total. The Hall–Kier alpha value is -2.92. The van der Waals surface area contributed by atoms with E-state index in [1.807, 2.05) is 36.6 Å². The summed E-state index contributed by atoms with van der Waals surface area (Å²) in [4.78, 5) is 28.8. The van der Waals surface area contributed by atoms with Gasteiger partial charge < -0.3 is 24.4 Å². The van der Waals surface area contributed by atoms with Crippen LogP contribution in [0.25, 0.3) is 11.2 Å². The Kier molecular flexibility index (Phi) is 6.18. The topological polar surface area (TPSA) is 104 Å². The number of imidazole rings is 1. The molecule has 4 atom stereocenters. The fraction of sp³-hybridized carbons (Fsp3) is 0.586. The van der Waals surface area contributed by atoms with Crippen molar-refractivity contribution in [3.05, 3.63) is 48.5 Å². The number of rotatable bonds is 5. The minimum Gasteiger partial charge on any atom is -0.348 e. The second-order valence-electron chi connectivity index (χ2n) is 12.0. The summed E-state index contributed by atoms with van der Waals surface area (Å²) in [6.45, 7) is 6.98. The van der Waals surface area contributed by atoms with Crippen LogP contribution in [-0.2, 0) is 14.2 Å². The highest BCUT2D eigenvalue weighted by molar-refractivity contribution is 6.06. The molecule has 3 aromatic rings. The summed E-state index contributed by atoms with van der Waals surface area (Å²) >= 11 is 0. The molecule has 0 radical (unpaired) electrons. The standard InChI is InChI=1S/C29H36N6O4/c1-28(2)38-22-20(15-34-14-13-29(16-34)11-7-4-8-12-29)37-27(23(22)39-28)35-18-32-21-24(30-17-31-25(21)35)33-26(36)19-9-5-3-6-10-19/h3,5-6,9-10,17-18,20,22-23,27H,4,7-8,11-16H2,1-2H3,(H,30,31,33,36)/t20-,22-,23-,27-/m1/s1. The van der Waals surface area contributed by atoms with Gasteiger partial charge in [0.15, 0.2) is 29.0 Å². The van der Waals surface area contributed by atoms with Gasteiger partial charge in [-0.1, -0.05) is 37.5 Å². The lowest BCUT2D eigenvalue weighted by atomic mass is 9.73. The summed E-state index contributed by atoms with van der Waals surface area (Å²) in [6, 6.07) is 9.04. The van der Waals surface area contributed by atoms with Gasteiger partial charge in [0.25, 0.3) is 5.91 Å². The summed E-state index contributed by atoms with van der Waals surface area (Å²) in [5.74, 6) is -0.596. The zero-order valence-corrected chi connectivity index (χ0v) is 22.6. The number of ether oxygens (including phenoxy) is 3. The van der Waals surface area contributed by atoms with Crippen LogP contribution in [0.3, 0.4) is 0 Å². The molecule has 39 heavy (non-hydrogen) atoms. The van der Waals surface area contributed by atoms with Gasteiger partial charge in [-0.2, -0.15) is 0 Å². The normalized spacial score (nSPS) is 29.7. The molecule has 206 valence electrons. The average molecular weight is 533 g/mol. The molecule has 1 amide bonds. The smallest absolute Gasteiger partial charge is 0.256 e. The third kappa shape index (κ3) is 4.63. The lowest BCUT2D eigenvalue weighted by molar-refractivity contribution is -0.197. The Morgan fingerprint density at radius 2 is 1.82 bits per heavy atom. The predicted molar refractivity (Wildman–Crippen MR) is 144 cm³/mol. The second-order valence-corrected chi connectivity index (χ2v) is 12.0. The van der Waals surface area contributed by atoms with E-state index in [-0.39, 0.29) is 24.2 Å². The number of nitrogens with one attached hydrogen (secondary N) is 1. The van der Waals surface area contributed by atoms with Crippen molar-refractivity contribution in [3.63, 3.8) is 0 Å². The van der Waals surface area contributed by atoms with E-state index in [2.05, 4.69) is 25.2 Å². The fourth-order valence-electron chi connectivity index (χ4n) is 7.08. The molecule has 3 saturated heterocycles. The van der Waals surface area contributed by atoms with Gasteiger partial charge in [-0.25, -0.2) is 15.0 Å². The number of benzene rings is 1. The molecule has 1 aliphatic carbocycles. The first-order chi connectivity index (χ1) is 18.9. The number of hydrogen-bond acceptors (Lipinski definition) is 8. The highest BCUT2D eigenvalue weighted by Gasteiger charge is 2.56. The molecule has 4 aliphatic rings. The Morgan fingerprint density at radius 1 is 1.03 bits per heavy atom. The van der Waals surface area contributed by atoms with E-state index in [0.717, 1.165) is 19.6 Å². The maximum atomic E-state index is 12.8. The highest BCUT2D eigenvalue weighted by atomic mass is 16.8. The van der Waals surface area contributed by atoms with E-state index in [4.69, 9.17) is 14.2 Å². The first kappa shape index (κ1) is 25.1. The number of amides is 1. The number of anilines is 1. The van der Waals surface area contributed by atoms with Crippen LogP contribution in [-0.4, -0.2) is 74.1 Å². The van der Waals surface area contributed by atoms with E-state index >= 15 is 0 Å². The molecule has 0 bridgehead atoms. The SMILES string of the molecule is CC1(C)O[C@@H]2[C@H](O1)[C@@H](CN1CCC3(CCCCC3)C1)O[C@H]2n1cnc2c(NC(=O)c3ccccc3)ncnc21. The van der Waals surface area contributed by atoms with Gasteiger partial charge in [0, 0.05) is 18.7 Å². The number of likely N-dealkylation sites (tertiary alicyclic amines) is 1. The Bertz CT molecular complexity index is 1350. The van der Waals surface area contributed by atoms with Crippen molar-refractivity contribution in [3.8, 4) is 0 Å². The zero-order chi connectivity index (χ0) is 26.6. The van der Waals surface area contributed by atoms with Crippen molar-refractivity contribution in [1.82, 2.24) is 24.4 Å². The molecule has 0 unspecified atom stereocenters. The van der Waals surface area contributed by atoms with Crippen LogP contribution in [0.15, 0.2) is 43.0 Å². The molecular weight excluding hydrogens is 496 g/mol. The van der Waals surface area contributed by atoms with E-state index < -0.39 is 12.0 Å². The molecule has 3 aliphatic heterocycles. The summed E-state index contributed by atoms with van der Waals surface area (Å²) in [7, 11) is 0. The number of hydrogen-bond donors (Lipinski definition) is 1. The minimum atomic E-state index is -0.703. The molecule has 1 N–H and O–H groups in total. The van der Waals surface area contributed by atoms with Crippen LogP contribution in [0.2, 0.25) is 0 Å². The maximum absolute atomic E-state index is 12.8. The second kappa shape index (κ2) is 9.62. The molecule has 10 heteroatoms. The number of carbonyl (C=O) groups is 1. The Morgan fingerprint density at radius 3 is 2.64 bits per heavy atom. The summed E-state index contributed by atoms with van der Waals surface area (Å²) < 4.78 is 21.4. The van der Waals surface area contributed by atoms with Crippen molar-refractivity contribution in [2.75, 3.05) is 25.0 Å². The molecule has 1 aromatic carbocycles. The lowest BCUT2D eigenvalue weighted by Crippen LogP contribution is -2.40. The fourth-order valence-corrected chi connectivity index (χ4v) is 7.08. The number of nitrogens with zero attached hydrogens (tertiary/aromatic N) is 5. The van der Waals surface area contributed by atoms with Gasteiger partial charge in [-0.05, 0) is 57.2 Å². The van der Waals surface area contributed by atoms with Gasteiger partial charge in [0.2, 0.25) is 0 Å². The van der Waals surface area contributed by atoms with Crippen LogP contribution in [0.5, 0.6) is 0 Å². The van der Waals surface area contributed by atoms with E-state index in [0.29, 0.717) is 28.0 Å². The van der Waals surface area contributed by atoms with Crippen LogP contribution < -0.4 is 5.32 Å². The van der Waals surface area contributed by atoms with Gasteiger partial charge in [0.1, 0.15) is 24.6 Å². The average Bonchev–Trinajstić information content (AvgIpc) is 3.68. The van der Waals surface area contributed by atoms with Crippen LogP contribution in [0.4, 0.5) is 5.82 Å². The summed E-state index contributed by atoms with van der Waals surface area (Å²) in [6.07, 6.45) is 10.1. The monoisotopic (exact) mass is 532 g/mol. The van der Waals surface area contributed by atoms with Gasteiger partial charge in [-0.3, -0.25) is 9.36 Å². The predicted octanol–water partition coefficient (Wildman–Crippen LogP) is 4.15. The van der Waals surface area contributed by atoms with Crippen molar-refractivity contribution in [2.24, 2.45) is 5.41 Å². The Balaban J connectivity index is 1.13. The first-order valence-electron chi connectivity index (χ1n) is 14.2. The lowest BCUT2D eigenvalue weighted by Gasteiger charge is -2.34. The molecular formula is C29H36N6O4. The van der Waals surface area contributed by atoms with Crippen molar-refractivity contribution < 1.29 is 19.0 Å². The van der Waals surface area contributed by atoms with Gasteiger partial charge in [-0.15, -0.1) is 0 Å². The largest absolute Gasteiger partial charge is 0.348 e. The Labute approximate surface area is 228 Å². The van der Waals surface area contributed by atoms with Crippen molar-refractivity contribution >= 4 is 22.9 Å². The summed E-state index contributed by atoms with van der Waals surface area (Å²) in [5, 5.41) is 2.88. The van der Waals surface area contributed by atoms with Crippen molar-refractivity contribution in [1.29, 1.82) is 0 Å². The summed E-state index contributed by atoms with van der Waals surface area (Å²) in [5.41, 5.74) is 2.11. The molecule has 1 saturated carbocycles. The molecule has 5 heterocycles.